The zero-order valence-corrected chi connectivity index (χ0v) is 15.7. The van der Waals surface area contributed by atoms with Crippen molar-refractivity contribution in [3.8, 4) is 11.4 Å². The second kappa shape index (κ2) is 6.85. The molecule has 0 saturated heterocycles. The summed E-state index contributed by atoms with van der Waals surface area (Å²) in [7, 11) is 0. The van der Waals surface area contributed by atoms with Gasteiger partial charge in [0.05, 0.1) is 0 Å². The molecule has 6 nitrogen and oxygen atoms in total. The molecule has 4 rings (SSSR count). The predicted molar refractivity (Wildman–Crippen MR) is 105 cm³/mol. The summed E-state index contributed by atoms with van der Waals surface area (Å²) in [5.74, 6) is 1.32. The minimum absolute atomic E-state index is 0.238. The summed E-state index contributed by atoms with van der Waals surface area (Å²) in [6, 6.07) is 14.8. The Bertz CT molecular complexity index is 1240. The Labute approximate surface area is 160 Å². The van der Waals surface area contributed by atoms with Crippen molar-refractivity contribution >= 4 is 23.2 Å². The third-order valence-electron chi connectivity index (χ3n) is 4.32. The number of hydrogen-bond acceptors (Lipinski definition) is 5. The lowest BCUT2D eigenvalue weighted by Crippen LogP contribution is -2.06. The first-order chi connectivity index (χ1) is 13.0. The zero-order valence-electron chi connectivity index (χ0n) is 14.9. The molecule has 0 amide bonds. The van der Waals surface area contributed by atoms with Crippen molar-refractivity contribution in [1.82, 2.24) is 14.8 Å². The molecule has 0 radical (unpaired) electrons. The smallest absolute Gasteiger partial charge is 0.336 e. The highest BCUT2D eigenvalue weighted by Gasteiger charge is 2.10. The fraction of sp³-hybridized carbons (Fsp3) is 0.150. The van der Waals surface area contributed by atoms with E-state index in [0.717, 1.165) is 16.6 Å². The number of fused-ring (bicyclic) bond motifs is 1. The van der Waals surface area contributed by atoms with Crippen molar-refractivity contribution in [2.24, 2.45) is 0 Å². The molecule has 2 heterocycles. The molecule has 1 N–H and O–H groups in total. The van der Waals surface area contributed by atoms with Gasteiger partial charge in [0.1, 0.15) is 17.9 Å². The van der Waals surface area contributed by atoms with E-state index in [-0.39, 0.29) is 12.2 Å². The van der Waals surface area contributed by atoms with Gasteiger partial charge in [0.2, 0.25) is 0 Å². The van der Waals surface area contributed by atoms with Crippen LogP contribution in [-0.2, 0) is 6.61 Å². The average Bonchev–Trinajstić information content (AvgIpc) is 3.01. The van der Waals surface area contributed by atoms with Gasteiger partial charge in [0.15, 0.2) is 10.6 Å². The summed E-state index contributed by atoms with van der Waals surface area (Å²) in [5.41, 5.74) is 3.12. The average molecular weight is 379 g/mol. The number of aromatic amines is 1. The van der Waals surface area contributed by atoms with E-state index in [1.807, 2.05) is 48.7 Å². The first kappa shape index (κ1) is 17.2. The standard InChI is InChI=1S/C20H17N3O3S/c1-12-3-5-14(6-4-12)23-18(21-22-20(23)27)11-25-15-7-8-17-16(10-15)13(2)9-19(24)26-17/h3-10H,11H2,1-2H3,(H,22,27). The van der Waals surface area contributed by atoms with Crippen molar-refractivity contribution in [3.63, 3.8) is 0 Å². The fourth-order valence-electron chi connectivity index (χ4n) is 2.92. The maximum absolute atomic E-state index is 11.5. The van der Waals surface area contributed by atoms with E-state index in [1.54, 1.807) is 12.1 Å². The number of aromatic nitrogens is 3. The number of benzene rings is 2. The zero-order chi connectivity index (χ0) is 19.0. The van der Waals surface area contributed by atoms with Gasteiger partial charge in [-0.1, -0.05) is 17.7 Å². The molecule has 2 aromatic heterocycles. The van der Waals surface area contributed by atoms with E-state index in [2.05, 4.69) is 10.2 Å². The largest absolute Gasteiger partial charge is 0.486 e. The quantitative estimate of drug-likeness (QED) is 0.424. The van der Waals surface area contributed by atoms with E-state index in [0.29, 0.717) is 21.9 Å². The number of hydrogen-bond donors (Lipinski definition) is 1. The van der Waals surface area contributed by atoms with Gasteiger partial charge < -0.3 is 9.15 Å². The molecule has 0 spiro atoms. The van der Waals surface area contributed by atoms with Crippen LogP contribution in [0, 0.1) is 18.6 Å². The first-order valence-electron chi connectivity index (χ1n) is 8.42. The van der Waals surface area contributed by atoms with Crippen LogP contribution in [0.15, 0.2) is 57.7 Å². The van der Waals surface area contributed by atoms with E-state index >= 15 is 0 Å². The van der Waals surface area contributed by atoms with Crippen LogP contribution < -0.4 is 10.4 Å². The van der Waals surface area contributed by atoms with Crippen LogP contribution in [0.4, 0.5) is 0 Å². The van der Waals surface area contributed by atoms with Crippen molar-refractivity contribution in [1.29, 1.82) is 0 Å². The Morgan fingerprint density at radius 3 is 2.70 bits per heavy atom. The second-order valence-corrected chi connectivity index (χ2v) is 6.70. The maximum atomic E-state index is 11.5. The lowest BCUT2D eigenvalue weighted by atomic mass is 10.1. The number of nitrogens with zero attached hydrogens (tertiary/aromatic N) is 2. The van der Waals surface area contributed by atoms with Crippen molar-refractivity contribution in [2.45, 2.75) is 20.5 Å². The van der Waals surface area contributed by atoms with Gasteiger partial charge in [-0.15, -0.1) is 0 Å². The number of ether oxygens (including phenoxy) is 1. The van der Waals surface area contributed by atoms with Crippen LogP contribution in [0.5, 0.6) is 5.75 Å². The summed E-state index contributed by atoms with van der Waals surface area (Å²) in [5, 5.41) is 7.94. The van der Waals surface area contributed by atoms with E-state index < -0.39 is 0 Å². The highest BCUT2D eigenvalue weighted by Crippen LogP contribution is 2.23. The third-order valence-corrected chi connectivity index (χ3v) is 4.60. The Kier molecular flexibility index (Phi) is 4.37. The van der Waals surface area contributed by atoms with Gasteiger partial charge in [-0.3, -0.25) is 9.67 Å². The van der Waals surface area contributed by atoms with Gasteiger partial charge >= 0.3 is 5.63 Å². The number of H-pyrrole nitrogens is 1. The van der Waals surface area contributed by atoms with Crippen LogP contribution >= 0.6 is 12.2 Å². The number of nitrogens with one attached hydrogen (secondary N) is 1. The highest BCUT2D eigenvalue weighted by atomic mass is 32.1. The molecule has 136 valence electrons. The monoisotopic (exact) mass is 379 g/mol. The summed E-state index contributed by atoms with van der Waals surface area (Å²) < 4.78 is 13.5. The van der Waals surface area contributed by atoms with E-state index in [1.165, 1.54) is 11.6 Å². The predicted octanol–water partition coefficient (Wildman–Crippen LogP) is 4.23. The van der Waals surface area contributed by atoms with Crippen LogP contribution in [0.25, 0.3) is 16.7 Å². The van der Waals surface area contributed by atoms with Crippen molar-refractivity contribution < 1.29 is 9.15 Å². The molecule has 4 aromatic rings. The minimum Gasteiger partial charge on any atom is -0.486 e. The Morgan fingerprint density at radius 1 is 1.15 bits per heavy atom. The Hall–Kier alpha value is -3.19. The fourth-order valence-corrected chi connectivity index (χ4v) is 3.18. The SMILES string of the molecule is Cc1ccc(-n2c(COc3ccc4oc(=O)cc(C)c4c3)n[nH]c2=S)cc1. The molecule has 0 bridgehead atoms. The molecular formula is C20H17N3O3S. The molecule has 0 aliphatic carbocycles. The highest BCUT2D eigenvalue weighted by molar-refractivity contribution is 7.71. The Morgan fingerprint density at radius 2 is 1.93 bits per heavy atom. The molecule has 27 heavy (non-hydrogen) atoms. The Balaban J connectivity index is 1.63. The van der Waals surface area contributed by atoms with Gasteiger partial charge in [0.25, 0.3) is 0 Å². The molecular weight excluding hydrogens is 362 g/mol. The molecule has 7 heteroatoms. The maximum Gasteiger partial charge on any atom is 0.336 e. The van der Waals surface area contributed by atoms with Gasteiger partial charge in [-0.25, -0.2) is 4.79 Å². The third kappa shape index (κ3) is 3.41. The van der Waals surface area contributed by atoms with Gasteiger partial charge in [-0.2, -0.15) is 5.10 Å². The minimum atomic E-state index is -0.359. The van der Waals surface area contributed by atoms with E-state index in [4.69, 9.17) is 21.4 Å². The number of rotatable bonds is 4. The summed E-state index contributed by atoms with van der Waals surface area (Å²) in [4.78, 5) is 11.5. The number of aryl methyl sites for hydroxylation is 2. The van der Waals surface area contributed by atoms with Crippen LogP contribution in [0.3, 0.4) is 0 Å². The van der Waals surface area contributed by atoms with E-state index in [9.17, 15) is 4.79 Å². The molecule has 0 aliphatic rings. The lowest BCUT2D eigenvalue weighted by molar-refractivity contribution is 0.293. The summed E-state index contributed by atoms with van der Waals surface area (Å²) >= 11 is 5.36. The molecule has 0 fully saturated rings. The van der Waals surface area contributed by atoms with Crippen LogP contribution in [0.2, 0.25) is 0 Å². The summed E-state index contributed by atoms with van der Waals surface area (Å²) in [6.07, 6.45) is 0. The van der Waals surface area contributed by atoms with Crippen LogP contribution in [-0.4, -0.2) is 14.8 Å². The van der Waals surface area contributed by atoms with Crippen molar-refractivity contribution in [2.75, 3.05) is 0 Å². The molecule has 0 aliphatic heterocycles. The normalized spacial score (nSPS) is 11.0. The first-order valence-corrected chi connectivity index (χ1v) is 8.83. The molecule has 0 saturated carbocycles. The summed E-state index contributed by atoms with van der Waals surface area (Å²) in [6.45, 7) is 4.14. The molecule has 0 unspecified atom stereocenters. The van der Waals surface area contributed by atoms with Crippen LogP contribution in [0.1, 0.15) is 17.0 Å². The molecule has 0 atom stereocenters. The molecule has 2 aromatic carbocycles. The topological polar surface area (TPSA) is 73.1 Å². The second-order valence-electron chi connectivity index (χ2n) is 6.31. The lowest BCUT2D eigenvalue weighted by Gasteiger charge is -2.10. The van der Waals surface area contributed by atoms with Gasteiger partial charge in [0, 0.05) is 17.1 Å². The van der Waals surface area contributed by atoms with Crippen molar-refractivity contribution in [3.05, 3.63) is 80.7 Å². The van der Waals surface area contributed by atoms with Gasteiger partial charge in [-0.05, 0) is 62.0 Å².